The van der Waals surface area contributed by atoms with Crippen LogP contribution in [0.5, 0.6) is 0 Å². The molecular formula is C19H21NO5. The summed E-state index contributed by atoms with van der Waals surface area (Å²) in [4.78, 5) is 27.9. The highest BCUT2D eigenvalue weighted by Gasteiger charge is 2.30. The van der Waals surface area contributed by atoms with Gasteiger partial charge in [-0.05, 0) is 18.4 Å². The molecule has 0 radical (unpaired) electrons. The lowest BCUT2D eigenvalue weighted by Crippen LogP contribution is -2.24. The van der Waals surface area contributed by atoms with Crippen molar-refractivity contribution in [2.75, 3.05) is 7.11 Å². The molecule has 1 atom stereocenters. The minimum absolute atomic E-state index is 0.206. The number of rotatable bonds is 6. The second-order valence-corrected chi connectivity index (χ2v) is 6.09. The van der Waals surface area contributed by atoms with Crippen molar-refractivity contribution in [3.8, 4) is 0 Å². The number of fused-ring (bicyclic) bond motifs is 1. The Hall–Kier alpha value is -2.63. The summed E-state index contributed by atoms with van der Waals surface area (Å²) in [5.41, 5.74) is 1.85. The second-order valence-electron chi connectivity index (χ2n) is 6.09. The first-order chi connectivity index (χ1) is 12.2. The number of hydrogen-bond donors (Lipinski definition) is 0. The maximum absolute atomic E-state index is 12.3. The zero-order valence-electron chi connectivity index (χ0n) is 14.2. The van der Waals surface area contributed by atoms with Crippen molar-refractivity contribution in [2.24, 2.45) is 5.92 Å². The molecule has 2 aromatic rings. The number of ether oxygens (including phenoxy) is 2. The normalized spacial score (nSPS) is 16.1. The molecule has 6 nitrogen and oxygen atoms in total. The van der Waals surface area contributed by atoms with Gasteiger partial charge in [0, 0.05) is 12.8 Å². The minimum atomic E-state index is -0.293. The predicted octanol–water partition coefficient (Wildman–Crippen LogP) is 2.63. The summed E-state index contributed by atoms with van der Waals surface area (Å²) in [6.45, 7) is 0.282. The Labute approximate surface area is 146 Å². The SMILES string of the molecule is COC(=O)CCc1nc2c(o1)CC(C(=O)OCc1ccccc1)CC2. The van der Waals surface area contributed by atoms with Crippen molar-refractivity contribution in [1.29, 1.82) is 0 Å². The van der Waals surface area contributed by atoms with Gasteiger partial charge in [0.05, 0.1) is 25.1 Å². The molecule has 3 rings (SSSR count). The van der Waals surface area contributed by atoms with E-state index in [4.69, 9.17) is 9.15 Å². The molecule has 0 bridgehead atoms. The molecule has 0 spiro atoms. The highest BCUT2D eigenvalue weighted by atomic mass is 16.5. The van der Waals surface area contributed by atoms with E-state index >= 15 is 0 Å². The number of oxazole rings is 1. The maximum atomic E-state index is 12.3. The van der Waals surface area contributed by atoms with Gasteiger partial charge in [-0.15, -0.1) is 0 Å². The number of nitrogens with zero attached hydrogens (tertiary/aromatic N) is 1. The van der Waals surface area contributed by atoms with Crippen molar-refractivity contribution in [3.05, 3.63) is 53.2 Å². The molecule has 25 heavy (non-hydrogen) atoms. The number of hydrogen-bond acceptors (Lipinski definition) is 6. The summed E-state index contributed by atoms with van der Waals surface area (Å²) in [7, 11) is 1.36. The van der Waals surface area contributed by atoms with Crippen molar-refractivity contribution in [1.82, 2.24) is 4.98 Å². The fourth-order valence-electron chi connectivity index (χ4n) is 2.89. The summed E-state index contributed by atoms with van der Waals surface area (Å²) in [6, 6.07) is 9.61. The van der Waals surface area contributed by atoms with Gasteiger partial charge < -0.3 is 13.9 Å². The highest BCUT2D eigenvalue weighted by molar-refractivity contribution is 5.73. The highest BCUT2D eigenvalue weighted by Crippen LogP contribution is 2.27. The van der Waals surface area contributed by atoms with Crippen LogP contribution in [-0.2, 0) is 44.9 Å². The number of methoxy groups -OCH3 is 1. The largest absolute Gasteiger partial charge is 0.469 e. The van der Waals surface area contributed by atoms with Gasteiger partial charge >= 0.3 is 11.9 Å². The molecule has 0 aliphatic heterocycles. The van der Waals surface area contributed by atoms with Crippen molar-refractivity contribution in [3.63, 3.8) is 0 Å². The van der Waals surface area contributed by atoms with Gasteiger partial charge in [0.25, 0.3) is 0 Å². The molecule has 1 aliphatic carbocycles. The monoisotopic (exact) mass is 343 g/mol. The summed E-state index contributed by atoms with van der Waals surface area (Å²) < 4.78 is 15.8. The van der Waals surface area contributed by atoms with Crippen LogP contribution in [-0.4, -0.2) is 24.0 Å². The fourth-order valence-corrected chi connectivity index (χ4v) is 2.89. The molecule has 1 unspecified atom stereocenters. The third-order valence-electron chi connectivity index (χ3n) is 4.31. The van der Waals surface area contributed by atoms with Crippen LogP contribution in [0.25, 0.3) is 0 Å². The van der Waals surface area contributed by atoms with E-state index in [9.17, 15) is 9.59 Å². The Balaban J connectivity index is 1.54. The Morgan fingerprint density at radius 2 is 2.08 bits per heavy atom. The lowest BCUT2D eigenvalue weighted by atomic mass is 9.90. The van der Waals surface area contributed by atoms with Crippen LogP contribution in [0.4, 0.5) is 0 Å². The molecule has 1 aromatic carbocycles. The predicted molar refractivity (Wildman–Crippen MR) is 88.6 cm³/mol. The molecule has 0 saturated carbocycles. The van der Waals surface area contributed by atoms with E-state index in [1.54, 1.807) is 0 Å². The van der Waals surface area contributed by atoms with Gasteiger partial charge in [-0.25, -0.2) is 4.98 Å². The molecule has 0 saturated heterocycles. The minimum Gasteiger partial charge on any atom is -0.469 e. The molecular weight excluding hydrogens is 322 g/mol. The van der Waals surface area contributed by atoms with Gasteiger partial charge in [0.15, 0.2) is 5.89 Å². The lowest BCUT2D eigenvalue weighted by Gasteiger charge is -2.18. The average Bonchev–Trinajstić information content (AvgIpc) is 3.07. The fraction of sp³-hybridized carbons (Fsp3) is 0.421. The summed E-state index contributed by atoms with van der Waals surface area (Å²) in [5, 5.41) is 0. The van der Waals surface area contributed by atoms with Crippen molar-refractivity contribution < 1.29 is 23.5 Å². The van der Waals surface area contributed by atoms with E-state index in [0.717, 1.165) is 17.0 Å². The van der Waals surface area contributed by atoms with Crippen LogP contribution in [0.2, 0.25) is 0 Å². The van der Waals surface area contributed by atoms with Crippen LogP contribution in [0, 0.1) is 5.92 Å². The van der Waals surface area contributed by atoms with Gasteiger partial charge in [0.1, 0.15) is 12.4 Å². The molecule has 132 valence electrons. The number of aryl methyl sites for hydroxylation is 2. The zero-order chi connectivity index (χ0) is 17.6. The Morgan fingerprint density at radius 1 is 1.28 bits per heavy atom. The van der Waals surface area contributed by atoms with E-state index in [1.165, 1.54) is 7.11 Å². The van der Waals surface area contributed by atoms with Crippen LogP contribution < -0.4 is 0 Å². The Morgan fingerprint density at radius 3 is 2.84 bits per heavy atom. The van der Waals surface area contributed by atoms with Crippen LogP contribution >= 0.6 is 0 Å². The van der Waals surface area contributed by atoms with E-state index in [0.29, 0.717) is 31.6 Å². The van der Waals surface area contributed by atoms with E-state index < -0.39 is 0 Å². The molecule has 0 fully saturated rings. The topological polar surface area (TPSA) is 78.6 Å². The maximum Gasteiger partial charge on any atom is 0.309 e. The van der Waals surface area contributed by atoms with Crippen molar-refractivity contribution >= 4 is 11.9 Å². The van der Waals surface area contributed by atoms with E-state index in [-0.39, 0.29) is 30.9 Å². The molecule has 0 N–H and O–H groups in total. The first-order valence-electron chi connectivity index (χ1n) is 8.40. The summed E-state index contributed by atoms with van der Waals surface area (Å²) in [6.07, 6.45) is 2.52. The second kappa shape index (κ2) is 7.96. The number of esters is 2. The lowest BCUT2D eigenvalue weighted by molar-refractivity contribution is -0.150. The van der Waals surface area contributed by atoms with Crippen molar-refractivity contribution in [2.45, 2.75) is 38.7 Å². The molecule has 6 heteroatoms. The van der Waals surface area contributed by atoms with Crippen LogP contribution in [0.15, 0.2) is 34.7 Å². The van der Waals surface area contributed by atoms with E-state index in [2.05, 4.69) is 9.72 Å². The average molecular weight is 343 g/mol. The van der Waals surface area contributed by atoms with Gasteiger partial charge in [-0.1, -0.05) is 30.3 Å². The van der Waals surface area contributed by atoms with Gasteiger partial charge in [0.2, 0.25) is 0 Å². The van der Waals surface area contributed by atoms with E-state index in [1.807, 2.05) is 30.3 Å². The first kappa shape index (κ1) is 17.2. The van der Waals surface area contributed by atoms with Crippen LogP contribution in [0.1, 0.15) is 35.7 Å². The summed E-state index contributed by atoms with van der Waals surface area (Å²) in [5.74, 6) is 0.541. The number of aromatic nitrogens is 1. The molecule has 1 heterocycles. The molecule has 1 aliphatic rings. The zero-order valence-corrected chi connectivity index (χ0v) is 14.2. The quantitative estimate of drug-likeness (QED) is 0.750. The standard InChI is InChI=1S/C19H21NO5/c1-23-18(21)10-9-17-20-15-8-7-14(11-16(15)25-17)19(22)24-12-13-5-3-2-4-6-13/h2-6,14H,7-12H2,1H3. The third kappa shape index (κ3) is 4.47. The molecule has 1 aromatic heterocycles. The van der Waals surface area contributed by atoms with Gasteiger partial charge in [-0.2, -0.15) is 0 Å². The smallest absolute Gasteiger partial charge is 0.309 e. The number of carbonyl (C=O) groups is 2. The molecule has 0 amide bonds. The van der Waals surface area contributed by atoms with Crippen LogP contribution in [0.3, 0.4) is 0 Å². The number of benzene rings is 1. The Kier molecular flexibility index (Phi) is 5.48. The van der Waals surface area contributed by atoms with Gasteiger partial charge in [-0.3, -0.25) is 9.59 Å². The summed E-state index contributed by atoms with van der Waals surface area (Å²) >= 11 is 0. The number of carbonyl (C=O) groups excluding carboxylic acids is 2. The third-order valence-corrected chi connectivity index (χ3v) is 4.31. The first-order valence-corrected chi connectivity index (χ1v) is 8.40. The Bertz CT molecular complexity index is 738.